The van der Waals surface area contributed by atoms with Gasteiger partial charge in [0.25, 0.3) is 0 Å². The van der Waals surface area contributed by atoms with E-state index in [2.05, 4.69) is 10.3 Å². The summed E-state index contributed by atoms with van der Waals surface area (Å²) in [6.45, 7) is 4.49. The SMILES string of the molecule is CCOC(CC)C(O)c1cnnn1C. The first-order chi connectivity index (χ1) is 6.70. The highest BCUT2D eigenvalue weighted by Crippen LogP contribution is 2.19. The van der Waals surface area contributed by atoms with Crippen LogP contribution in [-0.2, 0) is 11.8 Å². The molecule has 5 heteroatoms. The van der Waals surface area contributed by atoms with Crippen LogP contribution < -0.4 is 0 Å². The molecule has 0 aromatic carbocycles. The topological polar surface area (TPSA) is 60.2 Å². The van der Waals surface area contributed by atoms with Crippen LogP contribution in [0.3, 0.4) is 0 Å². The Balaban J connectivity index is 2.72. The highest BCUT2D eigenvalue weighted by Gasteiger charge is 2.22. The third-order valence-corrected chi connectivity index (χ3v) is 2.19. The zero-order chi connectivity index (χ0) is 10.6. The molecule has 5 nitrogen and oxygen atoms in total. The standard InChI is InChI=1S/C9H17N3O2/c1-4-8(14-5-2)9(13)7-6-10-11-12(7)3/h6,8-9,13H,4-5H2,1-3H3. The van der Waals surface area contributed by atoms with Crippen LogP contribution in [0.15, 0.2) is 6.20 Å². The summed E-state index contributed by atoms with van der Waals surface area (Å²) in [6.07, 6.45) is 1.49. The van der Waals surface area contributed by atoms with E-state index >= 15 is 0 Å². The number of aryl methyl sites for hydroxylation is 1. The molecule has 0 aliphatic rings. The number of hydrogen-bond donors (Lipinski definition) is 1. The van der Waals surface area contributed by atoms with Crippen molar-refractivity contribution >= 4 is 0 Å². The van der Waals surface area contributed by atoms with Crippen molar-refractivity contribution < 1.29 is 9.84 Å². The van der Waals surface area contributed by atoms with E-state index in [1.54, 1.807) is 17.9 Å². The van der Waals surface area contributed by atoms with Gasteiger partial charge in [0.2, 0.25) is 0 Å². The molecule has 80 valence electrons. The first-order valence-electron chi connectivity index (χ1n) is 4.84. The fourth-order valence-corrected chi connectivity index (χ4v) is 1.40. The lowest BCUT2D eigenvalue weighted by Gasteiger charge is -2.20. The minimum atomic E-state index is -0.653. The quantitative estimate of drug-likeness (QED) is 0.757. The summed E-state index contributed by atoms with van der Waals surface area (Å²) in [7, 11) is 1.75. The Morgan fingerprint density at radius 1 is 1.57 bits per heavy atom. The summed E-state index contributed by atoms with van der Waals surface area (Å²) < 4.78 is 6.97. The molecule has 1 rings (SSSR count). The number of aromatic nitrogens is 3. The van der Waals surface area contributed by atoms with Gasteiger partial charge in [0.1, 0.15) is 6.10 Å². The van der Waals surface area contributed by atoms with Gasteiger partial charge in [-0.3, -0.25) is 0 Å². The van der Waals surface area contributed by atoms with Crippen molar-refractivity contribution in [3.63, 3.8) is 0 Å². The molecule has 2 atom stereocenters. The first kappa shape index (κ1) is 11.1. The lowest BCUT2D eigenvalue weighted by atomic mass is 10.1. The van der Waals surface area contributed by atoms with Gasteiger partial charge in [0.15, 0.2) is 0 Å². The van der Waals surface area contributed by atoms with Crippen molar-refractivity contribution in [2.75, 3.05) is 6.61 Å². The third-order valence-electron chi connectivity index (χ3n) is 2.19. The average molecular weight is 199 g/mol. The second-order valence-electron chi connectivity index (χ2n) is 3.13. The summed E-state index contributed by atoms with van der Waals surface area (Å²) in [4.78, 5) is 0. The molecule has 1 heterocycles. The summed E-state index contributed by atoms with van der Waals surface area (Å²) in [5.41, 5.74) is 0.685. The second-order valence-corrected chi connectivity index (χ2v) is 3.13. The van der Waals surface area contributed by atoms with Gasteiger partial charge in [-0.05, 0) is 13.3 Å². The average Bonchev–Trinajstić information content (AvgIpc) is 2.59. The maximum absolute atomic E-state index is 9.96. The van der Waals surface area contributed by atoms with Crippen molar-refractivity contribution in [3.8, 4) is 0 Å². The number of aliphatic hydroxyl groups excluding tert-OH is 1. The highest BCUT2D eigenvalue weighted by molar-refractivity contribution is 5.00. The first-order valence-corrected chi connectivity index (χ1v) is 4.84. The number of rotatable bonds is 5. The third kappa shape index (κ3) is 2.30. The van der Waals surface area contributed by atoms with Crippen molar-refractivity contribution in [2.24, 2.45) is 7.05 Å². The van der Waals surface area contributed by atoms with Gasteiger partial charge in [-0.1, -0.05) is 12.1 Å². The summed E-state index contributed by atoms with van der Waals surface area (Å²) in [5, 5.41) is 17.4. The van der Waals surface area contributed by atoms with Crippen LogP contribution in [0.1, 0.15) is 32.1 Å². The predicted molar refractivity (Wildman–Crippen MR) is 51.7 cm³/mol. The Hall–Kier alpha value is -0.940. The summed E-state index contributed by atoms with van der Waals surface area (Å²) >= 11 is 0. The Kier molecular flexibility index (Phi) is 4.03. The van der Waals surface area contributed by atoms with Crippen LogP contribution in [0.4, 0.5) is 0 Å². The Bertz CT molecular complexity index is 275. The summed E-state index contributed by atoms with van der Waals surface area (Å²) in [6, 6.07) is 0. The van der Waals surface area contributed by atoms with Crippen LogP contribution in [0.5, 0.6) is 0 Å². The molecule has 0 radical (unpaired) electrons. The van der Waals surface area contributed by atoms with Crippen LogP contribution in [-0.4, -0.2) is 32.8 Å². The fraction of sp³-hybridized carbons (Fsp3) is 0.778. The second kappa shape index (κ2) is 5.07. The van der Waals surface area contributed by atoms with Crippen molar-refractivity contribution in [1.82, 2.24) is 15.0 Å². The molecular formula is C9H17N3O2. The highest BCUT2D eigenvalue weighted by atomic mass is 16.5. The van der Waals surface area contributed by atoms with Gasteiger partial charge in [-0.2, -0.15) is 0 Å². The van der Waals surface area contributed by atoms with Gasteiger partial charge in [0, 0.05) is 13.7 Å². The van der Waals surface area contributed by atoms with Gasteiger partial charge < -0.3 is 9.84 Å². The minimum Gasteiger partial charge on any atom is -0.384 e. The van der Waals surface area contributed by atoms with Gasteiger partial charge in [-0.25, -0.2) is 4.68 Å². The Morgan fingerprint density at radius 2 is 2.29 bits per heavy atom. The maximum atomic E-state index is 9.96. The lowest BCUT2D eigenvalue weighted by Crippen LogP contribution is -2.23. The van der Waals surface area contributed by atoms with E-state index in [9.17, 15) is 5.11 Å². The molecule has 0 fully saturated rings. The van der Waals surface area contributed by atoms with Gasteiger partial charge in [-0.15, -0.1) is 5.10 Å². The van der Waals surface area contributed by atoms with Crippen LogP contribution in [0.25, 0.3) is 0 Å². The normalized spacial score (nSPS) is 15.4. The van der Waals surface area contributed by atoms with E-state index in [0.717, 1.165) is 6.42 Å². The molecule has 0 spiro atoms. The van der Waals surface area contributed by atoms with Crippen LogP contribution in [0, 0.1) is 0 Å². The monoisotopic (exact) mass is 199 g/mol. The molecule has 0 saturated carbocycles. The minimum absolute atomic E-state index is 0.183. The summed E-state index contributed by atoms with van der Waals surface area (Å²) in [5.74, 6) is 0. The smallest absolute Gasteiger partial charge is 0.123 e. The lowest BCUT2D eigenvalue weighted by molar-refractivity contribution is -0.0388. The molecule has 0 saturated heterocycles. The molecular weight excluding hydrogens is 182 g/mol. The molecule has 0 amide bonds. The van der Waals surface area contributed by atoms with Crippen LogP contribution >= 0.6 is 0 Å². The predicted octanol–water partition coefficient (Wildman–Crippen LogP) is 0.664. The molecule has 0 aliphatic heterocycles. The molecule has 1 aromatic heterocycles. The Morgan fingerprint density at radius 3 is 2.71 bits per heavy atom. The van der Waals surface area contributed by atoms with E-state index in [1.165, 1.54) is 0 Å². The number of aliphatic hydroxyl groups is 1. The van der Waals surface area contributed by atoms with Crippen molar-refractivity contribution in [1.29, 1.82) is 0 Å². The number of hydrogen-bond acceptors (Lipinski definition) is 4. The van der Waals surface area contributed by atoms with Crippen LogP contribution in [0.2, 0.25) is 0 Å². The van der Waals surface area contributed by atoms with E-state index < -0.39 is 6.10 Å². The zero-order valence-electron chi connectivity index (χ0n) is 8.84. The molecule has 0 bridgehead atoms. The van der Waals surface area contributed by atoms with Gasteiger partial charge in [0.05, 0.1) is 18.0 Å². The zero-order valence-corrected chi connectivity index (χ0v) is 8.84. The van der Waals surface area contributed by atoms with Gasteiger partial charge >= 0.3 is 0 Å². The van der Waals surface area contributed by atoms with E-state index in [-0.39, 0.29) is 6.10 Å². The van der Waals surface area contributed by atoms with E-state index in [0.29, 0.717) is 12.3 Å². The molecule has 1 aromatic rings. The largest absolute Gasteiger partial charge is 0.384 e. The Labute approximate surface area is 83.7 Å². The molecule has 0 aliphatic carbocycles. The molecule has 14 heavy (non-hydrogen) atoms. The van der Waals surface area contributed by atoms with E-state index in [1.807, 2.05) is 13.8 Å². The molecule has 1 N–H and O–H groups in total. The molecule has 2 unspecified atom stereocenters. The van der Waals surface area contributed by atoms with Crippen molar-refractivity contribution in [2.45, 2.75) is 32.5 Å². The number of ether oxygens (including phenoxy) is 1. The van der Waals surface area contributed by atoms with Crippen molar-refractivity contribution in [3.05, 3.63) is 11.9 Å². The number of nitrogens with zero attached hydrogens (tertiary/aromatic N) is 3. The van der Waals surface area contributed by atoms with E-state index in [4.69, 9.17) is 4.74 Å². The maximum Gasteiger partial charge on any atom is 0.123 e. The fourth-order valence-electron chi connectivity index (χ4n) is 1.40.